The topological polar surface area (TPSA) is 9.23 Å². The molecule has 2 aromatic carbocycles. The first kappa shape index (κ1) is 13.9. The maximum absolute atomic E-state index is 5.55. The molecule has 2 rings (SSSR count). The van der Waals surface area contributed by atoms with Crippen molar-refractivity contribution >= 4 is 19.4 Å². The van der Waals surface area contributed by atoms with Crippen LogP contribution >= 0.6 is 0 Å². The van der Waals surface area contributed by atoms with Gasteiger partial charge in [0.1, 0.15) is 0 Å². The molecule has 1 atom stereocenters. The van der Waals surface area contributed by atoms with Crippen LogP contribution in [0.2, 0.25) is 0 Å². The van der Waals surface area contributed by atoms with E-state index in [0.717, 1.165) is 0 Å². The molecule has 0 saturated carbocycles. The van der Waals surface area contributed by atoms with E-state index in [1.807, 2.05) is 12.1 Å². The Kier molecular flexibility index (Phi) is 5.72. The molecule has 0 amide bonds. The molecule has 0 spiro atoms. The molecule has 0 fully saturated rings. The normalized spacial score (nSPS) is 11.7. The summed E-state index contributed by atoms with van der Waals surface area (Å²) in [6, 6.07) is 21.1. The van der Waals surface area contributed by atoms with Crippen LogP contribution in [0, 0.1) is 12.3 Å². The average Bonchev–Trinajstić information content (AvgIpc) is 2.48. The van der Waals surface area contributed by atoms with Crippen molar-refractivity contribution in [3.8, 4) is 12.3 Å². The number of rotatable bonds is 6. The van der Waals surface area contributed by atoms with Gasteiger partial charge in [-0.15, -0.1) is 0 Å². The molecular weight excluding hydrogens is 299 g/mol. The van der Waals surface area contributed by atoms with Gasteiger partial charge in [-0.3, -0.25) is 0 Å². The second-order valence-corrected chi connectivity index (χ2v) is 6.73. The second kappa shape index (κ2) is 7.81. The van der Waals surface area contributed by atoms with Gasteiger partial charge in [-0.1, -0.05) is 0 Å². The zero-order chi connectivity index (χ0) is 13.3. The minimum atomic E-state index is 0.344. The summed E-state index contributed by atoms with van der Waals surface area (Å²) in [5.74, 6) is 2.52. The summed E-state index contributed by atoms with van der Waals surface area (Å²) in [6.07, 6.45) is 5.24. The van der Waals surface area contributed by atoms with Crippen LogP contribution in [0.15, 0.2) is 60.7 Å². The van der Waals surface area contributed by atoms with Crippen molar-refractivity contribution in [2.24, 2.45) is 0 Å². The molecule has 0 aliphatic rings. The fourth-order valence-corrected chi connectivity index (χ4v) is 4.06. The summed E-state index contributed by atoms with van der Waals surface area (Å²) in [5, 5.41) is 0. The van der Waals surface area contributed by atoms with Gasteiger partial charge in [0.25, 0.3) is 0 Å². The van der Waals surface area contributed by atoms with Crippen molar-refractivity contribution in [3.05, 3.63) is 66.2 Å². The molecule has 2 aromatic rings. The molecule has 1 nitrogen and oxygen atoms in total. The van der Waals surface area contributed by atoms with E-state index in [9.17, 15) is 0 Å². The first-order chi connectivity index (χ1) is 9.40. The molecule has 96 valence electrons. The van der Waals surface area contributed by atoms with Crippen molar-refractivity contribution in [2.75, 3.05) is 13.2 Å². The van der Waals surface area contributed by atoms with Gasteiger partial charge in [0, 0.05) is 0 Å². The van der Waals surface area contributed by atoms with Gasteiger partial charge >= 0.3 is 121 Å². The van der Waals surface area contributed by atoms with E-state index in [4.69, 9.17) is 11.2 Å². The fourth-order valence-electron chi connectivity index (χ4n) is 1.75. The summed E-state index contributed by atoms with van der Waals surface area (Å²) in [4.78, 5) is 0.407. The van der Waals surface area contributed by atoms with Crippen molar-refractivity contribution < 1.29 is 4.74 Å². The third kappa shape index (κ3) is 4.58. The van der Waals surface area contributed by atoms with Crippen molar-refractivity contribution in [3.63, 3.8) is 0 Å². The molecule has 1 unspecified atom stereocenters. The van der Waals surface area contributed by atoms with Gasteiger partial charge in [0.2, 0.25) is 0 Å². The van der Waals surface area contributed by atoms with E-state index < -0.39 is 0 Å². The molecule has 0 heterocycles. The number of hydrogen-bond donors (Lipinski definition) is 0. The third-order valence-corrected chi connectivity index (χ3v) is 5.24. The number of hydrogen-bond acceptors (Lipinski definition) is 1. The van der Waals surface area contributed by atoms with Crippen LogP contribution in [0.1, 0.15) is 10.4 Å². The summed E-state index contributed by atoms with van der Waals surface area (Å²) in [5.41, 5.74) is 1.32. The number of ether oxygens (including phenoxy) is 1. The van der Waals surface area contributed by atoms with E-state index in [-0.39, 0.29) is 0 Å². The van der Waals surface area contributed by atoms with Gasteiger partial charge in [-0.25, -0.2) is 0 Å². The Bertz CT molecular complexity index is 516. The Labute approximate surface area is 121 Å². The Morgan fingerprint density at radius 3 is 2.26 bits per heavy atom. The van der Waals surface area contributed by atoms with Crippen molar-refractivity contribution in [1.29, 1.82) is 0 Å². The Morgan fingerprint density at radius 2 is 1.63 bits per heavy atom. The summed E-state index contributed by atoms with van der Waals surface area (Å²) in [6.45, 7) is 1.07. The van der Waals surface area contributed by atoms with Crippen LogP contribution in [-0.2, 0) is 4.74 Å². The molecule has 0 aromatic heterocycles. The van der Waals surface area contributed by atoms with Gasteiger partial charge in [-0.2, -0.15) is 0 Å². The number of benzene rings is 2. The maximum atomic E-state index is 5.55. The van der Waals surface area contributed by atoms with Gasteiger partial charge in [-0.05, 0) is 0 Å². The molecule has 0 aliphatic heterocycles. The van der Waals surface area contributed by atoms with E-state index in [1.54, 1.807) is 0 Å². The molecular formula is C17H16OSe. The molecule has 19 heavy (non-hydrogen) atoms. The third-order valence-electron chi connectivity index (χ3n) is 2.65. The molecule has 0 saturated heterocycles. The van der Waals surface area contributed by atoms with E-state index in [2.05, 4.69) is 54.5 Å². The van der Waals surface area contributed by atoms with E-state index >= 15 is 0 Å². The van der Waals surface area contributed by atoms with Crippen molar-refractivity contribution in [1.82, 2.24) is 0 Å². The molecule has 0 bridgehead atoms. The summed E-state index contributed by atoms with van der Waals surface area (Å²) >= 11 is 0.344. The second-order valence-electron chi connectivity index (χ2n) is 4.05. The van der Waals surface area contributed by atoms with Gasteiger partial charge in [0.05, 0.1) is 0 Å². The fraction of sp³-hybridized carbons (Fsp3) is 0.176. The van der Waals surface area contributed by atoms with Crippen LogP contribution < -0.4 is 4.46 Å². The first-order valence-electron chi connectivity index (χ1n) is 6.18. The molecule has 0 aliphatic carbocycles. The number of terminal acetylenes is 1. The SMILES string of the molecule is C#CCOCC([Se]c1ccccc1)c1ccccc1. The van der Waals surface area contributed by atoms with Crippen LogP contribution in [0.3, 0.4) is 0 Å². The molecule has 0 N–H and O–H groups in total. The van der Waals surface area contributed by atoms with Crippen LogP contribution in [0.25, 0.3) is 0 Å². The zero-order valence-electron chi connectivity index (χ0n) is 10.7. The minimum absolute atomic E-state index is 0.344. The Balaban J connectivity index is 2.08. The molecule has 0 radical (unpaired) electrons. The van der Waals surface area contributed by atoms with Gasteiger partial charge in [0.15, 0.2) is 0 Å². The van der Waals surface area contributed by atoms with Crippen LogP contribution in [0.4, 0.5) is 0 Å². The Morgan fingerprint density at radius 1 is 1.00 bits per heavy atom. The van der Waals surface area contributed by atoms with E-state index in [0.29, 0.717) is 33.0 Å². The Hall–Kier alpha value is -1.52. The standard InChI is InChI=1S/C17H16OSe/c1-2-13-18-14-17(15-9-5-3-6-10-15)19-16-11-7-4-8-12-16/h1,3-12,17H,13-14H2. The summed E-state index contributed by atoms with van der Waals surface area (Å²) < 4.78 is 6.93. The van der Waals surface area contributed by atoms with Crippen LogP contribution in [-0.4, -0.2) is 28.2 Å². The molecule has 2 heteroatoms. The van der Waals surface area contributed by atoms with Crippen LogP contribution in [0.5, 0.6) is 0 Å². The predicted octanol–water partition coefficient (Wildman–Crippen LogP) is 2.41. The quantitative estimate of drug-likeness (QED) is 0.452. The monoisotopic (exact) mass is 316 g/mol. The van der Waals surface area contributed by atoms with Gasteiger partial charge < -0.3 is 0 Å². The summed E-state index contributed by atoms with van der Waals surface area (Å²) in [7, 11) is 0. The zero-order valence-corrected chi connectivity index (χ0v) is 12.4. The first-order valence-corrected chi connectivity index (χ1v) is 8.02. The van der Waals surface area contributed by atoms with E-state index in [1.165, 1.54) is 10.0 Å². The van der Waals surface area contributed by atoms with Crippen molar-refractivity contribution in [2.45, 2.75) is 4.82 Å². The predicted molar refractivity (Wildman–Crippen MR) is 80.7 cm³/mol. The average molecular weight is 315 g/mol.